The van der Waals surface area contributed by atoms with Gasteiger partial charge in [0.2, 0.25) is 0 Å². The van der Waals surface area contributed by atoms with E-state index >= 15 is 0 Å². The summed E-state index contributed by atoms with van der Waals surface area (Å²) in [6.07, 6.45) is 0. The molecule has 0 spiro atoms. The van der Waals surface area contributed by atoms with Crippen LogP contribution >= 0.6 is 0 Å². The Bertz CT molecular complexity index is 627. The molecule has 19 heavy (non-hydrogen) atoms. The molecular formula is C13H10F2N2O2. The Balaban J connectivity index is 2.42. The Labute approximate surface area is 107 Å². The summed E-state index contributed by atoms with van der Waals surface area (Å²) in [6, 6.07) is 7.62. The van der Waals surface area contributed by atoms with Crippen molar-refractivity contribution in [1.29, 1.82) is 0 Å². The second kappa shape index (κ2) is 4.93. The molecule has 0 saturated heterocycles. The molecule has 0 bridgehead atoms. The molecule has 0 aromatic heterocycles. The fourth-order valence-electron chi connectivity index (χ4n) is 1.62. The van der Waals surface area contributed by atoms with E-state index in [1.54, 1.807) is 0 Å². The number of nitrogens with one attached hydrogen (secondary N) is 1. The third-order valence-electron chi connectivity index (χ3n) is 2.53. The number of hydrogen-bond acceptors (Lipinski definition) is 3. The molecule has 0 heterocycles. The van der Waals surface area contributed by atoms with Gasteiger partial charge in [0.15, 0.2) is 0 Å². The standard InChI is InChI=1S/C13H10F2N2O2/c14-7-1-3-8(4-2-7)17-10-6-5-9(15)12(16)11(10)13(18)19/h1-6,17H,16H2,(H,18,19). The minimum absolute atomic E-state index is 0.137. The van der Waals surface area contributed by atoms with Gasteiger partial charge in [0.25, 0.3) is 0 Å². The number of carboxylic acid groups (broad SMARTS) is 1. The van der Waals surface area contributed by atoms with Crippen molar-refractivity contribution in [3.63, 3.8) is 0 Å². The van der Waals surface area contributed by atoms with Gasteiger partial charge in [0.1, 0.15) is 17.2 Å². The maximum Gasteiger partial charge on any atom is 0.340 e. The lowest BCUT2D eigenvalue weighted by atomic mass is 10.1. The second-order valence-electron chi connectivity index (χ2n) is 3.82. The summed E-state index contributed by atoms with van der Waals surface area (Å²) in [6.45, 7) is 0. The lowest BCUT2D eigenvalue weighted by molar-refractivity contribution is 0.0698. The Morgan fingerprint density at radius 3 is 2.32 bits per heavy atom. The maximum absolute atomic E-state index is 13.2. The zero-order valence-electron chi connectivity index (χ0n) is 9.65. The first-order valence-electron chi connectivity index (χ1n) is 5.33. The Kier molecular flexibility index (Phi) is 3.33. The fourth-order valence-corrected chi connectivity index (χ4v) is 1.62. The number of halogens is 2. The highest BCUT2D eigenvalue weighted by Crippen LogP contribution is 2.27. The number of benzene rings is 2. The minimum atomic E-state index is -1.35. The van der Waals surface area contributed by atoms with Crippen LogP contribution in [-0.4, -0.2) is 11.1 Å². The van der Waals surface area contributed by atoms with Crippen LogP contribution in [-0.2, 0) is 0 Å². The summed E-state index contributed by atoms with van der Waals surface area (Å²) >= 11 is 0. The molecule has 2 aromatic rings. The largest absolute Gasteiger partial charge is 0.478 e. The molecule has 0 unspecified atom stereocenters. The number of carbonyl (C=O) groups is 1. The minimum Gasteiger partial charge on any atom is -0.478 e. The van der Waals surface area contributed by atoms with Crippen molar-refractivity contribution < 1.29 is 18.7 Å². The van der Waals surface area contributed by atoms with Gasteiger partial charge in [-0.05, 0) is 36.4 Å². The molecule has 4 nitrogen and oxygen atoms in total. The monoisotopic (exact) mass is 264 g/mol. The van der Waals surface area contributed by atoms with E-state index in [9.17, 15) is 13.6 Å². The molecule has 2 aromatic carbocycles. The zero-order valence-corrected chi connectivity index (χ0v) is 9.65. The molecule has 2 rings (SSSR count). The number of nitrogens with two attached hydrogens (primary N) is 1. The molecule has 6 heteroatoms. The van der Waals surface area contributed by atoms with Crippen LogP contribution in [0.3, 0.4) is 0 Å². The maximum atomic E-state index is 13.2. The predicted molar refractivity (Wildman–Crippen MR) is 67.5 cm³/mol. The highest BCUT2D eigenvalue weighted by atomic mass is 19.1. The fraction of sp³-hybridized carbons (Fsp3) is 0. The number of hydrogen-bond donors (Lipinski definition) is 3. The molecule has 98 valence electrons. The molecule has 0 aliphatic rings. The van der Waals surface area contributed by atoms with Gasteiger partial charge < -0.3 is 16.2 Å². The van der Waals surface area contributed by atoms with Gasteiger partial charge in [0.05, 0.1) is 11.4 Å². The highest BCUT2D eigenvalue weighted by molar-refractivity contribution is 6.00. The van der Waals surface area contributed by atoms with Gasteiger partial charge in [-0.25, -0.2) is 13.6 Å². The topological polar surface area (TPSA) is 75.3 Å². The van der Waals surface area contributed by atoms with Crippen LogP contribution < -0.4 is 11.1 Å². The van der Waals surface area contributed by atoms with E-state index in [-0.39, 0.29) is 11.3 Å². The first kappa shape index (κ1) is 12.8. The van der Waals surface area contributed by atoms with Crippen molar-refractivity contribution in [2.45, 2.75) is 0 Å². The molecular weight excluding hydrogens is 254 g/mol. The number of anilines is 3. The van der Waals surface area contributed by atoms with E-state index in [1.165, 1.54) is 30.3 Å². The number of nitrogen functional groups attached to an aromatic ring is 1. The van der Waals surface area contributed by atoms with E-state index < -0.39 is 23.3 Å². The van der Waals surface area contributed by atoms with Gasteiger partial charge in [-0.2, -0.15) is 0 Å². The first-order valence-corrected chi connectivity index (χ1v) is 5.33. The van der Waals surface area contributed by atoms with E-state index in [0.717, 1.165) is 6.07 Å². The van der Waals surface area contributed by atoms with Crippen LogP contribution in [0.1, 0.15) is 10.4 Å². The van der Waals surface area contributed by atoms with Gasteiger partial charge in [-0.3, -0.25) is 0 Å². The Morgan fingerprint density at radius 2 is 1.74 bits per heavy atom. The molecule has 4 N–H and O–H groups in total. The van der Waals surface area contributed by atoms with Gasteiger partial charge in [0, 0.05) is 5.69 Å². The van der Waals surface area contributed by atoms with Crippen molar-refractivity contribution >= 4 is 23.0 Å². The number of rotatable bonds is 3. The molecule has 0 aliphatic carbocycles. The van der Waals surface area contributed by atoms with Crippen molar-refractivity contribution in [3.05, 3.63) is 53.6 Å². The summed E-state index contributed by atoms with van der Waals surface area (Å²) in [5.41, 5.74) is 5.21. The molecule has 0 aliphatic heterocycles. The van der Waals surface area contributed by atoms with Crippen LogP contribution in [0.4, 0.5) is 25.8 Å². The Hall–Kier alpha value is -2.63. The summed E-state index contributed by atoms with van der Waals surface area (Å²) in [4.78, 5) is 11.1. The number of carboxylic acids is 1. The highest BCUT2D eigenvalue weighted by Gasteiger charge is 2.17. The summed E-state index contributed by atoms with van der Waals surface area (Å²) in [5.74, 6) is -2.56. The molecule has 0 radical (unpaired) electrons. The third-order valence-corrected chi connectivity index (χ3v) is 2.53. The Morgan fingerprint density at radius 1 is 1.11 bits per heavy atom. The van der Waals surface area contributed by atoms with Gasteiger partial charge in [-0.15, -0.1) is 0 Å². The van der Waals surface area contributed by atoms with Crippen LogP contribution in [0.15, 0.2) is 36.4 Å². The average molecular weight is 264 g/mol. The quantitative estimate of drug-likeness (QED) is 0.745. The van der Waals surface area contributed by atoms with Crippen LogP contribution in [0.25, 0.3) is 0 Å². The van der Waals surface area contributed by atoms with Gasteiger partial charge >= 0.3 is 5.97 Å². The average Bonchev–Trinajstić information content (AvgIpc) is 2.36. The molecule has 0 saturated carbocycles. The van der Waals surface area contributed by atoms with Crippen molar-refractivity contribution in [2.75, 3.05) is 11.1 Å². The van der Waals surface area contributed by atoms with E-state index in [4.69, 9.17) is 10.8 Å². The molecule has 0 amide bonds. The zero-order chi connectivity index (χ0) is 14.0. The molecule has 0 fully saturated rings. The predicted octanol–water partition coefficient (Wildman–Crippen LogP) is 2.99. The van der Waals surface area contributed by atoms with E-state index in [2.05, 4.69) is 5.32 Å². The SMILES string of the molecule is Nc1c(F)ccc(Nc2ccc(F)cc2)c1C(=O)O. The summed E-state index contributed by atoms with van der Waals surface area (Å²) < 4.78 is 26.0. The van der Waals surface area contributed by atoms with Gasteiger partial charge in [-0.1, -0.05) is 0 Å². The van der Waals surface area contributed by atoms with E-state index in [0.29, 0.717) is 5.69 Å². The number of aromatic carboxylic acids is 1. The lowest BCUT2D eigenvalue weighted by Gasteiger charge is -2.12. The normalized spacial score (nSPS) is 10.2. The van der Waals surface area contributed by atoms with Crippen molar-refractivity contribution in [1.82, 2.24) is 0 Å². The van der Waals surface area contributed by atoms with Crippen LogP contribution in [0.2, 0.25) is 0 Å². The van der Waals surface area contributed by atoms with Crippen LogP contribution in [0, 0.1) is 11.6 Å². The van der Waals surface area contributed by atoms with Crippen molar-refractivity contribution in [3.8, 4) is 0 Å². The smallest absolute Gasteiger partial charge is 0.340 e. The van der Waals surface area contributed by atoms with E-state index in [1.807, 2.05) is 0 Å². The van der Waals surface area contributed by atoms with Crippen molar-refractivity contribution in [2.24, 2.45) is 0 Å². The third kappa shape index (κ3) is 2.62. The molecule has 0 atom stereocenters. The van der Waals surface area contributed by atoms with Crippen LogP contribution in [0.5, 0.6) is 0 Å². The summed E-state index contributed by atoms with van der Waals surface area (Å²) in [5, 5.41) is 11.8. The lowest BCUT2D eigenvalue weighted by Crippen LogP contribution is -2.08. The first-order chi connectivity index (χ1) is 8.99. The summed E-state index contributed by atoms with van der Waals surface area (Å²) in [7, 11) is 0. The second-order valence-corrected chi connectivity index (χ2v) is 3.82.